The highest BCUT2D eigenvalue weighted by molar-refractivity contribution is 5.98. The summed E-state index contributed by atoms with van der Waals surface area (Å²) < 4.78 is 0. The lowest BCUT2D eigenvalue weighted by Crippen LogP contribution is -2.38. The van der Waals surface area contributed by atoms with Gasteiger partial charge in [0.25, 0.3) is 0 Å². The fraction of sp³-hybridized carbons (Fsp3) is 0.231. The molecule has 0 radical (unpaired) electrons. The summed E-state index contributed by atoms with van der Waals surface area (Å²) in [7, 11) is 0. The molecule has 3 rings (SSSR count). The second kappa shape index (κ2) is 3.95. The zero-order valence-corrected chi connectivity index (χ0v) is 9.30. The van der Waals surface area contributed by atoms with Crippen LogP contribution in [0.3, 0.4) is 0 Å². The van der Waals surface area contributed by atoms with Gasteiger partial charge in [-0.15, -0.1) is 6.42 Å². The Morgan fingerprint density at radius 1 is 1.47 bits per heavy atom. The van der Waals surface area contributed by atoms with Gasteiger partial charge in [0.2, 0.25) is 0 Å². The molecule has 3 heterocycles. The zero-order chi connectivity index (χ0) is 11.7. The van der Waals surface area contributed by atoms with E-state index >= 15 is 0 Å². The minimum absolute atomic E-state index is 0.268. The highest BCUT2D eigenvalue weighted by Gasteiger charge is 2.28. The SMILES string of the molecule is C#Cc1ccc(C2=NNC3CCC=CN23)nc1. The Kier molecular flexibility index (Phi) is 2.30. The van der Waals surface area contributed by atoms with Gasteiger partial charge < -0.3 is 4.90 Å². The standard InChI is InChI=1S/C13H12N4/c1-2-10-6-7-11(14-9-10)13-16-15-12-5-3-4-8-17(12)13/h1,4,6-9,12,15H,3,5H2. The largest absolute Gasteiger partial charge is 0.308 e. The lowest BCUT2D eigenvalue weighted by Gasteiger charge is -2.25. The Morgan fingerprint density at radius 2 is 2.41 bits per heavy atom. The smallest absolute Gasteiger partial charge is 0.180 e. The number of fused-ring (bicyclic) bond motifs is 1. The molecule has 0 aliphatic carbocycles. The van der Waals surface area contributed by atoms with E-state index in [1.165, 1.54) is 0 Å². The van der Waals surface area contributed by atoms with Gasteiger partial charge in [-0.3, -0.25) is 10.4 Å². The van der Waals surface area contributed by atoms with E-state index in [2.05, 4.69) is 38.6 Å². The van der Waals surface area contributed by atoms with Gasteiger partial charge in [0.15, 0.2) is 5.84 Å². The van der Waals surface area contributed by atoms with Crippen molar-refractivity contribution in [2.45, 2.75) is 19.0 Å². The summed E-state index contributed by atoms with van der Waals surface area (Å²) in [4.78, 5) is 6.45. The molecule has 84 valence electrons. The monoisotopic (exact) mass is 224 g/mol. The molecule has 0 amide bonds. The number of hydrazone groups is 1. The molecule has 17 heavy (non-hydrogen) atoms. The molecule has 2 aliphatic rings. The molecular formula is C13H12N4. The predicted octanol–water partition coefficient (Wildman–Crippen LogP) is 1.26. The average molecular weight is 224 g/mol. The fourth-order valence-electron chi connectivity index (χ4n) is 2.02. The quantitative estimate of drug-likeness (QED) is 0.730. The number of aromatic nitrogens is 1. The Balaban J connectivity index is 1.91. The molecule has 0 aromatic carbocycles. The van der Waals surface area contributed by atoms with Gasteiger partial charge in [0.1, 0.15) is 11.9 Å². The summed E-state index contributed by atoms with van der Waals surface area (Å²) in [6.07, 6.45) is 13.6. The van der Waals surface area contributed by atoms with Gasteiger partial charge in [-0.1, -0.05) is 12.0 Å². The molecule has 1 unspecified atom stereocenters. The Labute approximate surface area is 100 Å². The number of hydrogen-bond donors (Lipinski definition) is 1. The first-order valence-electron chi connectivity index (χ1n) is 5.60. The van der Waals surface area contributed by atoms with Crippen molar-refractivity contribution in [1.82, 2.24) is 15.3 Å². The van der Waals surface area contributed by atoms with Crippen molar-refractivity contribution in [2.24, 2.45) is 5.10 Å². The highest BCUT2D eigenvalue weighted by atomic mass is 15.5. The second-order valence-corrected chi connectivity index (χ2v) is 4.03. The molecule has 0 spiro atoms. The summed E-state index contributed by atoms with van der Waals surface area (Å²) >= 11 is 0. The number of nitrogens with zero attached hydrogens (tertiary/aromatic N) is 3. The third kappa shape index (κ3) is 1.66. The Bertz CT molecular complexity index is 521. The van der Waals surface area contributed by atoms with Crippen LogP contribution in [-0.2, 0) is 0 Å². The first kappa shape index (κ1) is 9.91. The van der Waals surface area contributed by atoms with Gasteiger partial charge >= 0.3 is 0 Å². The molecule has 4 nitrogen and oxygen atoms in total. The highest BCUT2D eigenvalue weighted by Crippen LogP contribution is 2.20. The average Bonchev–Trinajstić information content (AvgIpc) is 2.83. The van der Waals surface area contributed by atoms with Gasteiger partial charge in [0, 0.05) is 18.0 Å². The summed E-state index contributed by atoms with van der Waals surface area (Å²) in [6, 6.07) is 3.78. The molecule has 1 N–H and O–H groups in total. The fourth-order valence-corrected chi connectivity index (χ4v) is 2.02. The van der Waals surface area contributed by atoms with Crippen molar-refractivity contribution in [1.29, 1.82) is 0 Å². The van der Waals surface area contributed by atoms with E-state index in [0.717, 1.165) is 29.9 Å². The Morgan fingerprint density at radius 3 is 3.18 bits per heavy atom. The molecule has 1 atom stereocenters. The summed E-state index contributed by atoms with van der Waals surface area (Å²) in [5, 5.41) is 4.33. The topological polar surface area (TPSA) is 40.5 Å². The van der Waals surface area contributed by atoms with Crippen molar-refractivity contribution >= 4 is 5.84 Å². The molecule has 1 aromatic heterocycles. The molecule has 0 bridgehead atoms. The van der Waals surface area contributed by atoms with E-state index in [1.807, 2.05) is 12.1 Å². The third-order valence-corrected chi connectivity index (χ3v) is 2.93. The number of amidine groups is 1. The summed E-state index contributed by atoms with van der Waals surface area (Å²) in [5.74, 6) is 3.41. The first-order chi connectivity index (χ1) is 8.38. The molecule has 0 saturated heterocycles. The maximum Gasteiger partial charge on any atom is 0.180 e. The van der Waals surface area contributed by atoms with E-state index in [0.29, 0.717) is 0 Å². The van der Waals surface area contributed by atoms with Crippen LogP contribution < -0.4 is 5.43 Å². The van der Waals surface area contributed by atoms with E-state index < -0.39 is 0 Å². The van der Waals surface area contributed by atoms with Crippen LogP contribution in [0.2, 0.25) is 0 Å². The third-order valence-electron chi connectivity index (χ3n) is 2.93. The lowest BCUT2D eigenvalue weighted by molar-refractivity contribution is 0.342. The first-order valence-corrected chi connectivity index (χ1v) is 5.60. The van der Waals surface area contributed by atoms with E-state index in [4.69, 9.17) is 6.42 Å². The second-order valence-electron chi connectivity index (χ2n) is 4.03. The van der Waals surface area contributed by atoms with Gasteiger partial charge in [0.05, 0.1) is 0 Å². The van der Waals surface area contributed by atoms with Crippen molar-refractivity contribution < 1.29 is 0 Å². The Hall–Kier alpha value is -2.28. The molecule has 0 fully saturated rings. The van der Waals surface area contributed by atoms with Gasteiger partial charge in [-0.2, -0.15) is 5.10 Å². The van der Waals surface area contributed by atoms with Gasteiger partial charge in [-0.05, 0) is 25.0 Å². The van der Waals surface area contributed by atoms with E-state index in [1.54, 1.807) is 6.20 Å². The summed E-state index contributed by atoms with van der Waals surface area (Å²) in [5.41, 5.74) is 4.74. The minimum Gasteiger partial charge on any atom is -0.308 e. The number of pyridine rings is 1. The van der Waals surface area contributed by atoms with Crippen LogP contribution >= 0.6 is 0 Å². The molecule has 4 heteroatoms. The lowest BCUT2D eigenvalue weighted by atomic mass is 10.1. The molecule has 0 saturated carbocycles. The van der Waals surface area contributed by atoms with Crippen molar-refractivity contribution in [3.05, 3.63) is 41.9 Å². The van der Waals surface area contributed by atoms with Crippen LogP contribution in [0.15, 0.2) is 35.7 Å². The van der Waals surface area contributed by atoms with Crippen LogP contribution in [0.25, 0.3) is 0 Å². The van der Waals surface area contributed by atoms with Crippen LogP contribution in [0, 0.1) is 12.3 Å². The number of hydrogen-bond acceptors (Lipinski definition) is 4. The normalized spacial score (nSPS) is 21.5. The number of rotatable bonds is 1. The number of allylic oxidation sites excluding steroid dienone is 1. The van der Waals surface area contributed by atoms with Crippen molar-refractivity contribution in [2.75, 3.05) is 0 Å². The minimum atomic E-state index is 0.268. The van der Waals surface area contributed by atoms with Crippen LogP contribution in [-0.4, -0.2) is 21.9 Å². The number of nitrogens with one attached hydrogen (secondary N) is 1. The van der Waals surface area contributed by atoms with E-state index in [-0.39, 0.29) is 6.17 Å². The molecule has 2 aliphatic heterocycles. The van der Waals surface area contributed by atoms with Crippen molar-refractivity contribution in [3.8, 4) is 12.3 Å². The molecule has 1 aromatic rings. The van der Waals surface area contributed by atoms with Crippen LogP contribution in [0.1, 0.15) is 24.1 Å². The maximum absolute atomic E-state index is 5.31. The zero-order valence-electron chi connectivity index (χ0n) is 9.30. The van der Waals surface area contributed by atoms with Crippen LogP contribution in [0.5, 0.6) is 0 Å². The number of terminal acetylenes is 1. The predicted molar refractivity (Wildman–Crippen MR) is 65.8 cm³/mol. The maximum atomic E-state index is 5.31. The van der Waals surface area contributed by atoms with E-state index in [9.17, 15) is 0 Å². The van der Waals surface area contributed by atoms with Gasteiger partial charge in [-0.25, -0.2) is 0 Å². The van der Waals surface area contributed by atoms with Crippen LogP contribution in [0.4, 0.5) is 0 Å². The van der Waals surface area contributed by atoms with Crippen molar-refractivity contribution in [3.63, 3.8) is 0 Å². The summed E-state index contributed by atoms with van der Waals surface area (Å²) in [6.45, 7) is 0. The molecular weight excluding hydrogens is 212 g/mol.